The zero-order chi connectivity index (χ0) is 52.6. The lowest BCUT2D eigenvalue weighted by Crippen LogP contribution is -2.41. The van der Waals surface area contributed by atoms with Crippen molar-refractivity contribution in [2.24, 2.45) is 10.3 Å². The number of ether oxygens (including phenoxy) is 2. The fraction of sp³-hybridized carbons (Fsp3) is 0.240. The number of anilines is 2. The summed E-state index contributed by atoms with van der Waals surface area (Å²) in [7, 11) is -7.95. The van der Waals surface area contributed by atoms with Gasteiger partial charge in [-0.05, 0) is 103 Å². The minimum atomic E-state index is -3.78. The largest absolute Gasteiger partial charge is 0.494 e. The molecule has 0 aliphatic carbocycles. The lowest BCUT2D eigenvalue weighted by molar-refractivity contribution is 0.00578. The average molecular weight is 1110 g/mol. The molecule has 1 saturated heterocycles. The lowest BCUT2D eigenvalue weighted by Gasteiger charge is -2.32. The van der Waals surface area contributed by atoms with Crippen LogP contribution < -0.4 is 35.8 Å². The van der Waals surface area contributed by atoms with Crippen LogP contribution in [0.15, 0.2) is 124 Å². The summed E-state index contributed by atoms with van der Waals surface area (Å²) in [5, 5.41) is 35.6. The third-order valence-electron chi connectivity index (χ3n) is 13.1. The molecule has 6 N–H and O–H groups in total. The zero-order valence-electron chi connectivity index (χ0n) is 40.3. The van der Waals surface area contributed by atoms with Crippen molar-refractivity contribution in [2.75, 3.05) is 23.8 Å². The molecule has 3 aliphatic rings. The third-order valence-corrected chi connectivity index (χ3v) is 15.6. The van der Waals surface area contributed by atoms with Crippen LogP contribution in [0.1, 0.15) is 49.9 Å². The van der Waals surface area contributed by atoms with E-state index in [-0.39, 0.29) is 28.0 Å². The number of pyridine rings is 2. The Hall–Kier alpha value is -6.80. The minimum absolute atomic E-state index is 0.0259. The highest BCUT2D eigenvalue weighted by Crippen LogP contribution is 2.38. The molecule has 4 aromatic heterocycles. The number of primary sulfonamides is 2. The molecular weight excluding hydrogens is 1060 g/mol. The van der Waals surface area contributed by atoms with E-state index in [4.69, 9.17) is 29.1 Å². The predicted molar refractivity (Wildman–Crippen MR) is 279 cm³/mol. The van der Waals surface area contributed by atoms with Crippen LogP contribution in [0.5, 0.6) is 11.5 Å². The maximum Gasteiger partial charge on any atom is 0.494 e. The van der Waals surface area contributed by atoms with Gasteiger partial charge in [0.25, 0.3) is 0 Å². The van der Waals surface area contributed by atoms with Gasteiger partial charge in [0, 0.05) is 92.2 Å². The van der Waals surface area contributed by atoms with Crippen molar-refractivity contribution < 1.29 is 44.4 Å². The molecule has 1 fully saturated rings. The van der Waals surface area contributed by atoms with E-state index >= 15 is 0 Å². The lowest BCUT2D eigenvalue weighted by atomic mass is 9.79. The van der Waals surface area contributed by atoms with Crippen molar-refractivity contribution >= 4 is 81.7 Å². The highest BCUT2D eigenvalue weighted by Gasteiger charge is 2.51. The van der Waals surface area contributed by atoms with Gasteiger partial charge in [0.1, 0.15) is 34.8 Å². The molecule has 0 spiro atoms. The van der Waals surface area contributed by atoms with Crippen LogP contribution >= 0.6 is 15.9 Å². The SMILES string of the molecule is CC1(C)OB(c2ccc(S(N)(=O)=O)cc2)OC1(C)C.Fc1ccc2c(c1CNc1ncc(Br)c3cnncc13)CCO2.NS(=O)(=O)c1ccc(-c2cnc(NCc3c(F)ccc4c3CCO4)c3cnncc23)cc1. The van der Waals surface area contributed by atoms with Gasteiger partial charge in [-0.3, -0.25) is 0 Å². The number of nitrogens with one attached hydrogen (secondary N) is 2. The Morgan fingerprint density at radius 3 is 1.51 bits per heavy atom. The number of nitrogens with zero attached hydrogens (tertiary/aromatic N) is 6. The molecule has 8 aromatic rings. The Labute approximate surface area is 434 Å². The number of aromatic nitrogens is 6. The van der Waals surface area contributed by atoms with E-state index in [1.165, 1.54) is 36.4 Å². The minimum Gasteiger partial charge on any atom is -0.493 e. The van der Waals surface area contributed by atoms with Gasteiger partial charge in [0.15, 0.2) is 0 Å². The molecule has 0 radical (unpaired) electrons. The molecule has 74 heavy (non-hydrogen) atoms. The monoisotopic (exact) mass is 1110 g/mol. The molecule has 11 rings (SSSR count). The Morgan fingerprint density at radius 1 is 0.595 bits per heavy atom. The van der Waals surface area contributed by atoms with Crippen molar-refractivity contribution in [3.05, 3.63) is 148 Å². The molecule has 0 unspecified atom stereocenters. The van der Waals surface area contributed by atoms with Gasteiger partial charge in [0.2, 0.25) is 20.0 Å². The number of halogens is 3. The standard InChI is InChI=1S/C22H18FN5O3S.C16H12BrFN4O.C12H18BNO4S/c23-20-5-6-21-15(7-8-31-21)18(20)10-26-22-19-12-28-27-11-17(19)16(9-25-22)13-1-3-14(4-2-13)32(24,29)30;17-13-8-20-16(12-7-22-21-6-10(12)13)19-5-11-9-3-4-23-15(9)2-1-14(11)18;1-11(2)12(3,4)18-13(17-11)9-5-7-10(8-6-9)19(14,15)16/h1-6,9,11-12H,7-8,10H2,(H,25,26)(H2,24,29,30);1-2,6-8H,3-5H2,(H,19,20);5-8H,1-4H3,(H2,14,15,16). The smallest absolute Gasteiger partial charge is 0.493 e. The second-order valence-electron chi connectivity index (χ2n) is 18.3. The molecule has 3 aliphatic heterocycles. The Kier molecular flexibility index (Phi) is 14.7. The first-order valence-electron chi connectivity index (χ1n) is 23.0. The van der Waals surface area contributed by atoms with Crippen LogP contribution in [0.3, 0.4) is 0 Å². The topological polar surface area (TPSA) is 259 Å². The normalized spacial score (nSPS) is 15.2. The quantitative estimate of drug-likeness (QED) is 0.0993. The van der Waals surface area contributed by atoms with E-state index in [0.29, 0.717) is 60.1 Å². The van der Waals surface area contributed by atoms with Crippen molar-refractivity contribution in [2.45, 2.75) is 74.6 Å². The van der Waals surface area contributed by atoms with Crippen molar-refractivity contribution in [3.63, 3.8) is 0 Å². The molecule has 7 heterocycles. The van der Waals surface area contributed by atoms with Crippen molar-refractivity contribution in [1.82, 2.24) is 30.4 Å². The fourth-order valence-electron chi connectivity index (χ4n) is 8.44. The van der Waals surface area contributed by atoms with E-state index < -0.39 is 38.4 Å². The number of nitrogens with two attached hydrogens (primary N) is 2. The second kappa shape index (κ2) is 20.8. The van der Waals surface area contributed by atoms with E-state index in [1.807, 2.05) is 27.7 Å². The summed E-state index contributed by atoms with van der Waals surface area (Å²) >= 11 is 3.44. The van der Waals surface area contributed by atoms with Gasteiger partial charge in [-0.15, -0.1) is 0 Å². The maximum atomic E-state index is 14.5. The molecular formula is C50H48BBrF2N10O8S2. The fourth-order valence-corrected chi connectivity index (χ4v) is 9.89. The van der Waals surface area contributed by atoms with Crippen molar-refractivity contribution in [1.29, 1.82) is 0 Å². The molecule has 0 atom stereocenters. The first-order valence-corrected chi connectivity index (χ1v) is 26.9. The number of hydrogen-bond donors (Lipinski definition) is 4. The molecule has 0 amide bonds. The molecule has 0 bridgehead atoms. The molecule has 4 aromatic carbocycles. The van der Waals surface area contributed by atoms with Crippen LogP contribution in [0, 0.1) is 11.6 Å². The predicted octanol–water partition coefficient (Wildman–Crippen LogP) is 7.13. The summed E-state index contributed by atoms with van der Waals surface area (Å²) in [4.78, 5) is 8.98. The summed E-state index contributed by atoms with van der Waals surface area (Å²) in [6.07, 6.45) is 11.3. The van der Waals surface area contributed by atoms with Gasteiger partial charge >= 0.3 is 7.12 Å². The Balaban J connectivity index is 0.000000142. The number of fused-ring (bicyclic) bond motifs is 4. The first-order chi connectivity index (χ1) is 35.2. The van der Waals surface area contributed by atoms with Crippen LogP contribution in [0.2, 0.25) is 0 Å². The summed E-state index contributed by atoms with van der Waals surface area (Å²) in [6, 6.07) is 18.6. The summed E-state index contributed by atoms with van der Waals surface area (Å²) in [5.74, 6) is 2.14. The molecule has 18 nitrogen and oxygen atoms in total. The van der Waals surface area contributed by atoms with E-state index in [2.05, 4.69) is 56.9 Å². The zero-order valence-corrected chi connectivity index (χ0v) is 43.5. The van der Waals surface area contributed by atoms with Crippen LogP contribution in [0.4, 0.5) is 20.4 Å². The van der Waals surface area contributed by atoms with E-state index in [9.17, 15) is 25.6 Å². The van der Waals surface area contributed by atoms with Crippen LogP contribution in [0.25, 0.3) is 32.7 Å². The highest BCUT2D eigenvalue weighted by atomic mass is 79.9. The number of sulfonamides is 2. The van der Waals surface area contributed by atoms with Gasteiger partial charge < -0.3 is 29.4 Å². The highest BCUT2D eigenvalue weighted by molar-refractivity contribution is 9.10. The van der Waals surface area contributed by atoms with Gasteiger partial charge in [-0.1, -0.05) is 24.3 Å². The summed E-state index contributed by atoms with van der Waals surface area (Å²) in [5.41, 5.74) is 4.41. The maximum absolute atomic E-state index is 14.5. The number of benzene rings is 4. The second-order valence-corrected chi connectivity index (χ2v) is 22.3. The summed E-state index contributed by atoms with van der Waals surface area (Å²) in [6.45, 7) is 9.58. The Morgan fingerprint density at radius 2 is 1.03 bits per heavy atom. The first kappa shape index (κ1) is 52.1. The van der Waals surface area contributed by atoms with Gasteiger partial charge in [-0.2, -0.15) is 20.4 Å². The van der Waals surface area contributed by atoms with Gasteiger partial charge in [0.05, 0.1) is 59.0 Å². The Bertz CT molecular complexity index is 3650. The van der Waals surface area contributed by atoms with E-state index in [0.717, 1.165) is 60.5 Å². The molecule has 382 valence electrons. The van der Waals surface area contributed by atoms with Gasteiger partial charge in [-0.25, -0.2) is 45.9 Å². The third kappa shape index (κ3) is 11.0. The van der Waals surface area contributed by atoms with Crippen LogP contribution in [-0.2, 0) is 55.3 Å². The van der Waals surface area contributed by atoms with E-state index in [1.54, 1.807) is 73.6 Å². The number of rotatable bonds is 10. The molecule has 0 saturated carbocycles. The number of hydrogen-bond acceptors (Lipinski definition) is 16. The summed E-state index contributed by atoms with van der Waals surface area (Å²) < 4.78 is 97.7. The average Bonchev–Trinajstić information content (AvgIpc) is 4.12. The van der Waals surface area contributed by atoms with Crippen LogP contribution in [-0.4, -0.2) is 78.7 Å². The van der Waals surface area contributed by atoms with Crippen molar-refractivity contribution in [3.8, 4) is 22.6 Å². The molecule has 24 heteroatoms.